The van der Waals surface area contributed by atoms with Gasteiger partial charge in [0.1, 0.15) is 0 Å². The lowest BCUT2D eigenvalue weighted by Crippen LogP contribution is -2.44. The van der Waals surface area contributed by atoms with Crippen LogP contribution in [0.15, 0.2) is 12.7 Å². The maximum Gasteiger partial charge on any atom is 0.243 e. The van der Waals surface area contributed by atoms with Crippen molar-refractivity contribution in [1.82, 2.24) is 10.4 Å². The summed E-state index contributed by atoms with van der Waals surface area (Å²) in [6.45, 7) is 7.88. The van der Waals surface area contributed by atoms with Gasteiger partial charge in [0, 0.05) is 19.1 Å². The molecule has 4 heteroatoms. The van der Waals surface area contributed by atoms with Gasteiger partial charge in [0.15, 0.2) is 0 Å². The van der Waals surface area contributed by atoms with Gasteiger partial charge in [0.2, 0.25) is 5.91 Å². The molecule has 0 aromatic carbocycles. The fraction of sp³-hybridized carbons (Fsp3) is 0.700. The maximum absolute atomic E-state index is 11.0. The van der Waals surface area contributed by atoms with E-state index in [2.05, 4.69) is 11.9 Å². The molecule has 0 atom stereocenters. The van der Waals surface area contributed by atoms with Crippen LogP contribution in [-0.4, -0.2) is 36.7 Å². The molecule has 1 aliphatic heterocycles. The molecule has 1 rings (SSSR count). The van der Waals surface area contributed by atoms with Gasteiger partial charge in [-0.2, -0.15) is 5.06 Å². The summed E-state index contributed by atoms with van der Waals surface area (Å²) in [5.74, 6) is -0.0835. The van der Waals surface area contributed by atoms with Gasteiger partial charge in [-0.25, -0.2) is 0 Å². The second-order valence-electron chi connectivity index (χ2n) is 3.33. The SMILES string of the molecule is C=CC(=O)NC1CCN(OCC)CC1. The third-order valence-electron chi connectivity index (χ3n) is 2.30. The van der Waals surface area contributed by atoms with Gasteiger partial charge in [0.05, 0.1) is 6.61 Å². The lowest BCUT2D eigenvalue weighted by atomic mass is 10.1. The highest BCUT2D eigenvalue weighted by molar-refractivity contribution is 5.87. The Labute approximate surface area is 84.9 Å². The predicted octanol–water partition coefficient (Wildman–Crippen LogP) is 0.704. The summed E-state index contributed by atoms with van der Waals surface area (Å²) in [4.78, 5) is 16.4. The van der Waals surface area contributed by atoms with E-state index >= 15 is 0 Å². The fourth-order valence-corrected chi connectivity index (χ4v) is 1.57. The van der Waals surface area contributed by atoms with Crippen LogP contribution in [0.5, 0.6) is 0 Å². The standard InChI is InChI=1S/C10H18N2O2/c1-3-10(13)11-9-5-7-12(8-6-9)14-4-2/h3,9H,1,4-8H2,2H3,(H,11,13). The summed E-state index contributed by atoms with van der Waals surface area (Å²) in [5.41, 5.74) is 0. The summed E-state index contributed by atoms with van der Waals surface area (Å²) >= 11 is 0. The van der Waals surface area contributed by atoms with E-state index in [1.54, 1.807) is 0 Å². The van der Waals surface area contributed by atoms with Crippen LogP contribution in [0.4, 0.5) is 0 Å². The normalized spacial score (nSPS) is 19.2. The highest BCUT2D eigenvalue weighted by Gasteiger charge is 2.19. The van der Waals surface area contributed by atoms with Crippen LogP contribution in [0.1, 0.15) is 19.8 Å². The molecule has 4 nitrogen and oxygen atoms in total. The Kier molecular flexibility index (Phi) is 4.62. The molecule has 14 heavy (non-hydrogen) atoms. The molecule has 80 valence electrons. The molecule has 1 amide bonds. The van der Waals surface area contributed by atoms with Crippen LogP contribution in [0.3, 0.4) is 0 Å². The number of carbonyl (C=O) groups is 1. The first-order chi connectivity index (χ1) is 6.76. The highest BCUT2D eigenvalue weighted by Crippen LogP contribution is 2.10. The molecule has 0 radical (unpaired) electrons. The van der Waals surface area contributed by atoms with Crippen LogP contribution in [0.25, 0.3) is 0 Å². The Morgan fingerprint density at radius 3 is 2.79 bits per heavy atom. The molecule has 0 spiro atoms. The van der Waals surface area contributed by atoms with E-state index in [1.165, 1.54) is 6.08 Å². The molecule has 0 aromatic rings. The lowest BCUT2D eigenvalue weighted by molar-refractivity contribution is -0.167. The van der Waals surface area contributed by atoms with Crippen molar-refractivity contribution in [3.05, 3.63) is 12.7 Å². The van der Waals surface area contributed by atoms with Crippen molar-refractivity contribution in [2.24, 2.45) is 0 Å². The third kappa shape index (κ3) is 3.47. The number of piperidine rings is 1. The number of hydroxylamine groups is 2. The van der Waals surface area contributed by atoms with Gasteiger partial charge in [-0.3, -0.25) is 9.63 Å². The van der Waals surface area contributed by atoms with Crippen molar-refractivity contribution in [3.63, 3.8) is 0 Å². The van der Waals surface area contributed by atoms with E-state index in [-0.39, 0.29) is 11.9 Å². The van der Waals surface area contributed by atoms with E-state index in [4.69, 9.17) is 4.84 Å². The zero-order chi connectivity index (χ0) is 10.4. The van der Waals surface area contributed by atoms with Crippen molar-refractivity contribution in [2.45, 2.75) is 25.8 Å². The van der Waals surface area contributed by atoms with Crippen LogP contribution < -0.4 is 5.32 Å². The number of nitrogens with zero attached hydrogens (tertiary/aromatic N) is 1. The summed E-state index contributed by atoms with van der Waals surface area (Å²) in [7, 11) is 0. The van der Waals surface area contributed by atoms with Crippen molar-refractivity contribution in [1.29, 1.82) is 0 Å². The molecule has 0 unspecified atom stereocenters. The molecule has 1 saturated heterocycles. The Bertz CT molecular complexity index is 198. The molecular formula is C10H18N2O2. The van der Waals surface area contributed by atoms with E-state index in [9.17, 15) is 4.79 Å². The number of nitrogens with one attached hydrogen (secondary N) is 1. The zero-order valence-corrected chi connectivity index (χ0v) is 8.66. The minimum atomic E-state index is -0.0835. The predicted molar refractivity (Wildman–Crippen MR) is 54.6 cm³/mol. The largest absolute Gasteiger partial charge is 0.350 e. The molecule has 1 aliphatic rings. The summed E-state index contributed by atoms with van der Waals surface area (Å²) in [6.07, 6.45) is 3.20. The summed E-state index contributed by atoms with van der Waals surface area (Å²) in [5, 5.41) is 4.85. The van der Waals surface area contributed by atoms with Crippen LogP contribution in [0.2, 0.25) is 0 Å². The van der Waals surface area contributed by atoms with Gasteiger partial charge >= 0.3 is 0 Å². The van der Waals surface area contributed by atoms with Crippen LogP contribution in [0, 0.1) is 0 Å². The van der Waals surface area contributed by atoms with Crippen LogP contribution >= 0.6 is 0 Å². The van der Waals surface area contributed by atoms with Gasteiger partial charge in [0.25, 0.3) is 0 Å². The first-order valence-corrected chi connectivity index (χ1v) is 5.07. The highest BCUT2D eigenvalue weighted by atomic mass is 16.7. The Morgan fingerprint density at radius 2 is 2.29 bits per heavy atom. The average Bonchev–Trinajstić information content (AvgIpc) is 2.21. The van der Waals surface area contributed by atoms with E-state index in [1.807, 2.05) is 12.0 Å². The molecule has 0 saturated carbocycles. The minimum Gasteiger partial charge on any atom is -0.350 e. The molecule has 0 aromatic heterocycles. The lowest BCUT2D eigenvalue weighted by Gasteiger charge is -2.30. The number of hydrogen-bond acceptors (Lipinski definition) is 3. The van der Waals surface area contributed by atoms with Crippen molar-refractivity contribution in [2.75, 3.05) is 19.7 Å². The quantitative estimate of drug-likeness (QED) is 0.676. The van der Waals surface area contributed by atoms with E-state index in [0.717, 1.165) is 25.9 Å². The first-order valence-electron chi connectivity index (χ1n) is 5.07. The molecule has 0 bridgehead atoms. The van der Waals surface area contributed by atoms with Gasteiger partial charge in [-0.1, -0.05) is 6.58 Å². The van der Waals surface area contributed by atoms with Gasteiger partial charge in [-0.15, -0.1) is 0 Å². The molecular weight excluding hydrogens is 180 g/mol. The molecule has 1 heterocycles. The fourth-order valence-electron chi connectivity index (χ4n) is 1.57. The smallest absolute Gasteiger partial charge is 0.243 e. The Balaban J connectivity index is 2.21. The Hall–Kier alpha value is -0.870. The topological polar surface area (TPSA) is 41.6 Å². The molecule has 0 aliphatic carbocycles. The van der Waals surface area contributed by atoms with Crippen molar-refractivity contribution < 1.29 is 9.63 Å². The first kappa shape index (κ1) is 11.2. The van der Waals surface area contributed by atoms with E-state index in [0.29, 0.717) is 6.61 Å². The number of carbonyl (C=O) groups excluding carboxylic acids is 1. The number of rotatable bonds is 4. The second-order valence-corrected chi connectivity index (χ2v) is 3.33. The zero-order valence-electron chi connectivity index (χ0n) is 8.66. The van der Waals surface area contributed by atoms with Crippen LogP contribution in [-0.2, 0) is 9.63 Å². The maximum atomic E-state index is 11.0. The monoisotopic (exact) mass is 198 g/mol. The number of hydrogen-bond donors (Lipinski definition) is 1. The van der Waals surface area contributed by atoms with Gasteiger partial charge < -0.3 is 5.32 Å². The van der Waals surface area contributed by atoms with Crippen molar-refractivity contribution >= 4 is 5.91 Å². The van der Waals surface area contributed by atoms with Gasteiger partial charge in [-0.05, 0) is 25.8 Å². The summed E-state index contributed by atoms with van der Waals surface area (Å²) < 4.78 is 0. The van der Waals surface area contributed by atoms with Crippen molar-refractivity contribution in [3.8, 4) is 0 Å². The Morgan fingerprint density at radius 1 is 1.64 bits per heavy atom. The summed E-state index contributed by atoms with van der Waals surface area (Å²) in [6, 6.07) is 0.275. The molecule has 1 fully saturated rings. The van der Waals surface area contributed by atoms with E-state index < -0.39 is 0 Å². The third-order valence-corrected chi connectivity index (χ3v) is 2.30. The average molecular weight is 198 g/mol. The second kappa shape index (κ2) is 5.78. The minimum absolute atomic E-state index is 0.0835. The molecule has 1 N–H and O–H groups in total. The number of amides is 1.